The van der Waals surface area contributed by atoms with E-state index in [1.807, 2.05) is 12.1 Å². The maximum atomic E-state index is 12.4. The zero-order valence-electron chi connectivity index (χ0n) is 13.4. The van der Waals surface area contributed by atoms with Crippen LogP contribution in [0.4, 0.5) is 0 Å². The van der Waals surface area contributed by atoms with Gasteiger partial charge in [0.2, 0.25) is 10.0 Å². The Morgan fingerprint density at radius 2 is 1.73 bits per heavy atom. The van der Waals surface area contributed by atoms with Crippen LogP contribution in [0.25, 0.3) is 27.9 Å². The molecule has 0 atom stereocenters. The number of para-hydroxylation sites is 1. The molecule has 8 heteroatoms. The highest BCUT2D eigenvalue weighted by molar-refractivity contribution is 7.89. The first-order chi connectivity index (χ1) is 12.4. The Hall–Kier alpha value is -3.23. The van der Waals surface area contributed by atoms with Gasteiger partial charge in [-0.3, -0.25) is 0 Å². The fraction of sp³-hybridized carbons (Fsp3) is 0. The highest BCUT2D eigenvalue weighted by Crippen LogP contribution is 2.23. The van der Waals surface area contributed by atoms with E-state index in [1.165, 1.54) is 16.8 Å². The molecule has 26 heavy (non-hydrogen) atoms. The summed E-state index contributed by atoms with van der Waals surface area (Å²) in [5.41, 5.74) is 1.51. The van der Waals surface area contributed by atoms with Crippen molar-refractivity contribution in [3.05, 3.63) is 77.3 Å². The Kier molecular flexibility index (Phi) is 3.71. The second-order valence-electron chi connectivity index (χ2n) is 5.65. The second-order valence-corrected chi connectivity index (χ2v) is 7.21. The normalized spacial score (nSPS) is 11.7. The summed E-state index contributed by atoms with van der Waals surface area (Å²) in [5, 5.41) is 10.1. The highest BCUT2D eigenvalue weighted by Gasteiger charge is 2.14. The number of hydrogen-bond donors (Lipinski definition) is 1. The Labute approximate surface area is 148 Å². The largest absolute Gasteiger partial charge is 0.422 e. The number of primary sulfonamides is 1. The molecule has 7 nitrogen and oxygen atoms in total. The van der Waals surface area contributed by atoms with Gasteiger partial charge in [0.05, 0.1) is 28.0 Å². The summed E-state index contributed by atoms with van der Waals surface area (Å²) in [6.45, 7) is 0. The average Bonchev–Trinajstić information content (AvgIpc) is 3.10. The fourth-order valence-corrected chi connectivity index (χ4v) is 3.25. The van der Waals surface area contributed by atoms with Crippen LogP contribution in [0.3, 0.4) is 0 Å². The number of nitrogens with two attached hydrogens (primary N) is 1. The van der Waals surface area contributed by atoms with Gasteiger partial charge >= 0.3 is 5.63 Å². The zero-order valence-corrected chi connectivity index (χ0v) is 14.2. The van der Waals surface area contributed by atoms with Crippen molar-refractivity contribution in [3.63, 3.8) is 0 Å². The minimum atomic E-state index is -3.78. The first-order valence-corrected chi connectivity index (χ1v) is 9.19. The number of hydrogen-bond acceptors (Lipinski definition) is 5. The molecule has 0 saturated heterocycles. The Balaban J connectivity index is 1.85. The van der Waals surface area contributed by atoms with Gasteiger partial charge in [-0.15, -0.1) is 0 Å². The Morgan fingerprint density at radius 3 is 2.46 bits per heavy atom. The molecule has 4 aromatic rings. The smallest absolute Gasteiger partial charge is 0.345 e. The van der Waals surface area contributed by atoms with Crippen molar-refractivity contribution in [1.82, 2.24) is 9.78 Å². The van der Waals surface area contributed by atoms with Crippen LogP contribution in [0.1, 0.15) is 0 Å². The van der Waals surface area contributed by atoms with Crippen molar-refractivity contribution in [2.75, 3.05) is 0 Å². The summed E-state index contributed by atoms with van der Waals surface area (Å²) in [6.07, 6.45) is 1.55. The summed E-state index contributed by atoms with van der Waals surface area (Å²) in [5.74, 6) is 0. The van der Waals surface area contributed by atoms with Crippen molar-refractivity contribution in [3.8, 4) is 16.9 Å². The second kappa shape index (κ2) is 5.94. The molecule has 2 aromatic heterocycles. The van der Waals surface area contributed by atoms with Crippen LogP contribution >= 0.6 is 0 Å². The third-order valence-electron chi connectivity index (χ3n) is 3.97. The first kappa shape index (κ1) is 16.2. The van der Waals surface area contributed by atoms with E-state index in [4.69, 9.17) is 9.56 Å². The first-order valence-electron chi connectivity index (χ1n) is 7.64. The van der Waals surface area contributed by atoms with Crippen LogP contribution in [-0.2, 0) is 10.0 Å². The molecule has 4 rings (SSSR count). The van der Waals surface area contributed by atoms with Crippen LogP contribution in [0, 0.1) is 0 Å². The van der Waals surface area contributed by atoms with Crippen LogP contribution in [0.2, 0.25) is 0 Å². The molecule has 0 radical (unpaired) electrons. The Bertz CT molecular complexity index is 1270. The van der Waals surface area contributed by atoms with Crippen molar-refractivity contribution in [2.45, 2.75) is 4.90 Å². The summed E-state index contributed by atoms with van der Waals surface area (Å²) in [6, 6.07) is 16.6. The standard InChI is InChI=1S/C18H13N3O4S/c19-26(23,24)14-7-5-13(6-8-14)21-16(9-10-20-21)15-11-12-3-1-2-4-17(12)25-18(15)22/h1-11H,(H2,19,23,24). The van der Waals surface area contributed by atoms with Gasteiger partial charge < -0.3 is 4.42 Å². The van der Waals surface area contributed by atoms with E-state index < -0.39 is 15.6 Å². The minimum absolute atomic E-state index is 0.000162. The van der Waals surface area contributed by atoms with Gasteiger partial charge in [-0.05, 0) is 42.5 Å². The van der Waals surface area contributed by atoms with Gasteiger partial charge in [0, 0.05) is 5.39 Å². The maximum Gasteiger partial charge on any atom is 0.345 e. The summed E-state index contributed by atoms with van der Waals surface area (Å²) >= 11 is 0. The lowest BCUT2D eigenvalue weighted by Crippen LogP contribution is -2.12. The highest BCUT2D eigenvalue weighted by atomic mass is 32.2. The molecule has 0 amide bonds. The monoisotopic (exact) mass is 367 g/mol. The van der Waals surface area contributed by atoms with Gasteiger partial charge in [-0.1, -0.05) is 18.2 Å². The van der Waals surface area contributed by atoms with Crippen molar-refractivity contribution < 1.29 is 12.8 Å². The average molecular weight is 367 g/mol. The Morgan fingerprint density at radius 1 is 1.00 bits per heavy atom. The van der Waals surface area contributed by atoms with Crippen LogP contribution in [-0.4, -0.2) is 18.2 Å². The molecule has 0 aliphatic carbocycles. The zero-order chi connectivity index (χ0) is 18.3. The van der Waals surface area contributed by atoms with E-state index in [9.17, 15) is 13.2 Å². The number of nitrogens with zero attached hydrogens (tertiary/aromatic N) is 2. The van der Waals surface area contributed by atoms with E-state index >= 15 is 0 Å². The van der Waals surface area contributed by atoms with Crippen molar-refractivity contribution >= 4 is 21.0 Å². The van der Waals surface area contributed by atoms with Crippen LogP contribution in [0.5, 0.6) is 0 Å². The molecule has 130 valence electrons. The third-order valence-corrected chi connectivity index (χ3v) is 4.90. The van der Waals surface area contributed by atoms with Crippen LogP contribution in [0.15, 0.2) is 81.0 Å². The predicted molar refractivity (Wildman–Crippen MR) is 96.4 cm³/mol. The van der Waals surface area contributed by atoms with Gasteiger partial charge in [0.1, 0.15) is 5.58 Å². The molecule has 0 aliphatic rings. The quantitative estimate of drug-likeness (QED) is 0.559. The maximum absolute atomic E-state index is 12.4. The fourth-order valence-electron chi connectivity index (χ4n) is 2.73. The van der Waals surface area contributed by atoms with E-state index in [0.717, 1.165) is 5.39 Å². The minimum Gasteiger partial charge on any atom is -0.422 e. The molecule has 0 bridgehead atoms. The number of benzene rings is 2. The van der Waals surface area contributed by atoms with Gasteiger partial charge in [-0.2, -0.15) is 5.10 Å². The lowest BCUT2D eigenvalue weighted by atomic mass is 10.1. The summed E-state index contributed by atoms with van der Waals surface area (Å²) in [7, 11) is -3.78. The predicted octanol–water partition coefficient (Wildman–Crippen LogP) is 2.29. The van der Waals surface area contributed by atoms with E-state index in [1.54, 1.807) is 42.6 Å². The molecule has 0 aliphatic heterocycles. The van der Waals surface area contributed by atoms with E-state index in [0.29, 0.717) is 22.5 Å². The van der Waals surface area contributed by atoms with E-state index in [-0.39, 0.29) is 4.90 Å². The van der Waals surface area contributed by atoms with Crippen molar-refractivity contribution in [2.24, 2.45) is 5.14 Å². The molecular formula is C18H13N3O4S. The molecule has 2 heterocycles. The lowest BCUT2D eigenvalue weighted by Gasteiger charge is -2.08. The third kappa shape index (κ3) is 2.81. The molecule has 0 saturated carbocycles. The SMILES string of the molecule is NS(=O)(=O)c1ccc(-n2nccc2-c2cc3ccccc3oc2=O)cc1. The molecule has 2 N–H and O–H groups in total. The lowest BCUT2D eigenvalue weighted by molar-refractivity contribution is 0.562. The molecule has 0 unspecified atom stereocenters. The van der Waals surface area contributed by atoms with Gasteiger partial charge in [0.15, 0.2) is 0 Å². The van der Waals surface area contributed by atoms with Crippen LogP contribution < -0.4 is 10.8 Å². The molecule has 0 spiro atoms. The number of sulfonamides is 1. The van der Waals surface area contributed by atoms with Crippen molar-refractivity contribution in [1.29, 1.82) is 0 Å². The molecular weight excluding hydrogens is 354 g/mol. The van der Waals surface area contributed by atoms with Gasteiger partial charge in [-0.25, -0.2) is 23.0 Å². The number of aromatic nitrogens is 2. The number of rotatable bonds is 3. The van der Waals surface area contributed by atoms with E-state index in [2.05, 4.69) is 5.10 Å². The summed E-state index contributed by atoms with van der Waals surface area (Å²) < 4.78 is 29.7. The van der Waals surface area contributed by atoms with Gasteiger partial charge in [0.25, 0.3) is 0 Å². The molecule has 2 aromatic carbocycles. The topological polar surface area (TPSA) is 108 Å². The number of fused-ring (bicyclic) bond motifs is 1. The summed E-state index contributed by atoms with van der Waals surface area (Å²) in [4.78, 5) is 12.4. The molecule has 0 fully saturated rings.